The van der Waals surface area contributed by atoms with E-state index in [0.29, 0.717) is 22.4 Å². The van der Waals surface area contributed by atoms with Crippen LogP contribution in [0.2, 0.25) is 0 Å². The normalized spacial score (nSPS) is 12.0. The molecule has 0 aliphatic heterocycles. The molecule has 0 aliphatic rings. The van der Waals surface area contributed by atoms with Crippen LogP contribution in [-0.2, 0) is 11.9 Å². The van der Waals surface area contributed by atoms with Crippen molar-refractivity contribution in [1.82, 2.24) is 24.1 Å². The van der Waals surface area contributed by atoms with Crippen LogP contribution in [-0.4, -0.2) is 24.1 Å². The first-order valence-electron chi connectivity index (χ1n) is 9.63. The van der Waals surface area contributed by atoms with Crippen molar-refractivity contribution < 1.29 is 17.6 Å². The van der Waals surface area contributed by atoms with Crippen LogP contribution >= 0.6 is 11.8 Å². The lowest BCUT2D eigenvalue weighted by atomic mass is 10.2. The summed E-state index contributed by atoms with van der Waals surface area (Å²) in [5.74, 6) is -0.0139. The van der Waals surface area contributed by atoms with Gasteiger partial charge in [-0.15, -0.1) is 10.2 Å². The second kappa shape index (κ2) is 8.00. The van der Waals surface area contributed by atoms with Gasteiger partial charge in [-0.25, -0.2) is 9.37 Å². The topological polar surface area (TPSA) is 65.1 Å². The number of nitrogens with zero attached hydrogens (tertiary/aromatic N) is 5. The lowest BCUT2D eigenvalue weighted by Gasteiger charge is -2.13. The summed E-state index contributed by atoms with van der Waals surface area (Å²) in [6.45, 7) is 0. The molecule has 0 aliphatic carbocycles. The van der Waals surface area contributed by atoms with Crippen LogP contribution < -0.4 is 5.56 Å². The molecule has 166 valence electrons. The molecule has 0 spiro atoms. The smallest absolute Gasteiger partial charge is 0.277 e. The van der Waals surface area contributed by atoms with Crippen molar-refractivity contribution in [2.75, 3.05) is 0 Å². The maximum Gasteiger partial charge on any atom is 0.417 e. The summed E-state index contributed by atoms with van der Waals surface area (Å²) in [5, 5.41) is 8.48. The third-order valence-electron chi connectivity index (χ3n) is 4.96. The van der Waals surface area contributed by atoms with Gasteiger partial charge < -0.3 is 0 Å². The fraction of sp³-hybridized carbons (Fsp3) is 0.0909. The Bertz CT molecular complexity index is 1540. The Hall–Kier alpha value is -3.73. The minimum absolute atomic E-state index is 0.106. The Labute approximate surface area is 187 Å². The third kappa shape index (κ3) is 3.95. The van der Waals surface area contributed by atoms with Gasteiger partial charge in [0.2, 0.25) is 0 Å². The highest BCUT2D eigenvalue weighted by Crippen LogP contribution is 2.30. The van der Waals surface area contributed by atoms with Gasteiger partial charge in [0.15, 0.2) is 10.8 Å². The number of rotatable bonds is 4. The molecule has 0 N–H and O–H groups in total. The van der Waals surface area contributed by atoms with Gasteiger partial charge in [0.05, 0.1) is 27.9 Å². The van der Waals surface area contributed by atoms with Crippen molar-refractivity contribution in [2.24, 2.45) is 0 Å². The Morgan fingerprint density at radius 3 is 2.45 bits per heavy atom. The van der Waals surface area contributed by atoms with E-state index < -0.39 is 17.6 Å². The summed E-state index contributed by atoms with van der Waals surface area (Å²) in [4.78, 5) is 17.8. The van der Waals surface area contributed by atoms with Crippen LogP contribution in [0.4, 0.5) is 17.6 Å². The van der Waals surface area contributed by atoms with E-state index in [1.54, 1.807) is 24.3 Å². The van der Waals surface area contributed by atoms with Crippen molar-refractivity contribution >= 4 is 28.3 Å². The van der Waals surface area contributed by atoms with E-state index in [1.807, 2.05) is 0 Å². The molecule has 0 radical (unpaired) electrons. The average molecular weight is 471 g/mol. The molecule has 0 saturated carbocycles. The monoisotopic (exact) mass is 471 g/mol. The highest BCUT2D eigenvalue weighted by molar-refractivity contribution is 7.98. The van der Waals surface area contributed by atoms with Gasteiger partial charge >= 0.3 is 6.18 Å². The quantitative estimate of drug-likeness (QED) is 0.276. The zero-order valence-electron chi connectivity index (χ0n) is 16.6. The number of thioether (sulfide) groups is 1. The summed E-state index contributed by atoms with van der Waals surface area (Å²) < 4.78 is 55.4. The molecule has 33 heavy (non-hydrogen) atoms. The third-order valence-corrected chi connectivity index (χ3v) is 5.90. The molecule has 3 aromatic heterocycles. The summed E-state index contributed by atoms with van der Waals surface area (Å²) in [7, 11) is 0. The molecule has 0 amide bonds. The molecule has 0 saturated heterocycles. The van der Waals surface area contributed by atoms with E-state index in [0.717, 1.165) is 24.0 Å². The van der Waals surface area contributed by atoms with Crippen LogP contribution in [0.1, 0.15) is 11.4 Å². The number of alkyl halides is 3. The highest BCUT2D eigenvalue weighted by atomic mass is 32.2. The Balaban J connectivity index is 1.59. The standard InChI is InChI=1S/C22H13F4N5OS/c23-14-6-8-15(9-7-14)31-19(27-17-4-2-1-3-16(17)20(31)32)12-33-21-29-28-18-10-5-13(11-30(18)21)22(24,25)26/h1-11H,12H2. The van der Waals surface area contributed by atoms with Crippen LogP contribution in [0.15, 0.2) is 76.8 Å². The average Bonchev–Trinajstić information content (AvgIpc) is 3.20. The van der Waals surface area contributed by atoms with Crippen LogP contribution in [0, 0.1) is 5.82 Å². The first-order valence-corrected chi connectivity index (χ1v) is 10.6. The first kappa shape index (κ1) is 21.1. The fourth-order valence-electron chi connectivity index (χ4n) is 3.40. The van der Waals surface area contributed by atoms with E-state index in [-0.39, 0.29) is 22.1 Å². The van der Waals surface area contributed by atoms with Gasteiger partial charge in [-0.3, -0.25) is 13.8 Å². The molecule has 0 fully saturated rings. The Morgan fingerprint density at radius 1 is 0.939 bits per heavy atom. The number of hydrogen-bond acceptors (Lipinski definition) is 5. The van der Waals surface area contributed by atoms with Crippen LogP contribution in [0.3, 0.4) is 0 Å². The summed E-state index contributed by atoms with van der Waals surface area (Å²) >= 11 is 1.08. The largest absolute Gasteiger partial charge is 0.417 e. The number of para-hydroxylation sites is 1. The molecule has 3 heterocycles. The van der Waals surface area contributed by atoms with Gasteiger partial charge in [0.25, 0.3) is 5.56 Å². The van der Waals surface area contributed by atoms with Crippen molar-refractivity contribution in [3.8, 4) is 5.69 Å². The van der Waals surface area contributed by atoms with Crippen molar-refractivity contribution in [1.29, 1.82) is 0 Å². The summed E-state index contributed by atoms with van der Waals surface area (Å²) in [6.07, 6.45) is -3.58. The van der Waals surface area contributed by atoms with Gasteiger partial charge in [0.1, 0.15) is 11.6 Å². The predicted octanol–water partition coefficient (Wildman–Crippen LogP) is 4.88. The minimum Gasteiger partial charge on any atom is -0.277 e. The number of pyridine rings is 1. The molecular formula is C22H13F4N5OS. The molecular weight excluding hydrogens is 458 g/mol. The molecule has 11 heteroatoms. The van der Waals surface area contributed by atoms with Crippen molar-refractivity contribution in [3.63, 3.8) is 0 Å². The lowest BCUT2D eigenvalue weighted by molar-refractivity contribution is -0.137. The van der Waals surface area contributed by atoms with Gasteiger partial charge in [0, 0.05) is 6.20 Å². The summed E-state index contributed by atoms with van der Waals surface area (Å²) in [5.41, 5.74) is -0.0208. The lowest BCUT2D eigenvalue weighted by Crippen LogP contribution is -2.23. The first-order chi connectivity index (χ1) is 15.8. The van der Waals surface area contributed by atoms with E-state index in [9.17, 15) is 22.4 Å². The maximum absolute atomic E-state index is 13.5. The Morgan fingerprint density at radius 2 is 1.70 bits per heavy atom. The van der Waals surface area contributed by atoms with Crippen molar-refractivity contribution in [3.05, 3.63) is 94.4 Å². The molecule has 2 aromatic carbocycles. The number of hydrogen-bond donors (Lipinski definition) is 0. The molecule has 0 bridgehead atoms. The molecule has 5 rings (SSSR count). The van der Waals surface area contributed by atoms with E-state index in [1.165, 1.54) is 39.3 Å². The highest BCUT2D eigenvalue weighted by Gasteiger charge is 2.31. The second-order valence-electron chi connectivity index (χ2n) is 7.08. The van der Waals surface area contributed by atoms with Crippen molar-refractivity contribution in [2.45, 2.75) is 17.1 Å². The van der Waals surface area contributed by atoms with E-state index in [2.05, 4.69) is 15.2 Å². The predicted molar refractivity (Wildman–Crippen MR) is 115 cm³/mol. The van der Waals surface area contributed by atoms with Gasteiger partial charge in [-0.2, -0.15) is 13.2 Å². The number of benzene rings is 2. The SMILES string of the molecule is O=c1c2ccccc2nc(CSc2nnc3ccc(C(F)(F)F)cn23)n1-c1ccc(F)cc1. The zero-order valence-corrected chi connectivity index (χ0v) is 17.4. The van der Waals surface area contributed by atoms with Gasteiger partial charge in [-0.05, 0) is 48.5 Å². The molecule has 0 atom stereocenters. The Kier molecular flexibility index (Phi) is 5.12. The second-order valence-corrected chi connectivity index (χ2v) is 8.02. The number of aromatic nitrogens is 5. The minimum atomic E-state index is -4.51. The fourth-order valence-corrected chi connectivity index (χ4v) is 4.23. The van der Waals surface area contributed by atoms with Crippen LogP contribution in [0.25, 0.3) is 22.2 Å². The van der Waals surface area contributed by atoms with E-state index >= 15 is 0 Å². The molecule has 0 unspecified atom stereocenters. The number of halogens is 4. The number of fused-ring (bicyclic) bond motifs is 2. The zero-order chi connectivity index (χ0) is 23.2. The molecule has 5 aromatic rings. The molecule has 6 nitrogen and oxygen atoms in total. The summed E-state index contributed by atoms with van der Waals surface area (Å²) in [6, 6.07) is 14.4. The van der Waals surface area contributed by atoms with E-state index in [4.69, 9.17) is 0 Å². The van der Waals surface area contributed by atoms with Crippen LogP contribution in [0.5, 0.6) is 0 Å². The van der Waals surface area contributed by atoms with Gasteiger partial charge in [-0.1, -0.05) is 23.9 Å². The maximum atomic E-state index is 13.5.